The molecular formula is C12H14O2. The van der Waals surface area contributed by atoms with Crippen LogP contribution in [0, 0.1) is 0 Å². The molecule has 0 amide bonds. The smallest absolute Gasteiger partial charge is 0.111 e. The summed E-state index contributed by atoms with van der Waals surface area (Å²) in [4.78, 5) is 0. The maximum absolute atomic E-state index is 5.50. The SMILES string of the molecule is C=C[C@@H]1O[C@@H]1COCc1ccccc1. The average molecular weight is 190 g/mol. The molecule has 2 heteroatoms. The molecule has 1 aromatic carbocycles. The summed E-state index contributed by atoms with van der Waals surface area (Å²) in [5.41, 5.74) is 1.20. The minimum absolute atomic E-state index is 0.214. The molecule has 0 spiro atoms. The van der Waals surface area contributed by atoms with E-state index in [1.54, 1.807) is 0 Å². The topological polar surface area (TPSA) is 21.8 Å². The van der Waals surface area contributed by atoms with Gasteiger partial charge in [-0.25, -0.2) is 0 Å². The molecule has 1 heterocycles. The van der Waals surface area contributed by atoms with Gasteiger partial charge in [-0.15, -0.1) is 6.58 Å². The van der Waals surface area contributed by atoms with Crippen LogP contribution >= 0.6 is 0 Å². The van der Waals surface area contributed by atoms with Crippen LogP contribution in [0.25, 0.3) is 0 Å². The Balaban J connectivity index is 1.67. The third-order valence-corrected chi connectivity index (χ3v) is 2.25. The Bertz CT molecular complexity index is 294. The fourth-order valence-electron chi connectivity index (χ4n) is 1.37. The summed E-state index contributed by atoms with van der Waals surface area (Å²) in [5, 5.41) is 0. The van der Waals surface area contributed by atoms with Gasteiger partial charge in [-0.05, 0) is 5.56 Å². The van der Waals surface area contributed by atoms with Crippen molar-refractivity contribution in [2.45, 2.75) is 18.8 Å². The lowest BCUT2D eigenvalue weighted by molar-refractivity contribution is 0.104. The van der Waals surface area contributed by atoms with Crippen LogP contribution in [0.2, 0.25) is 0 Å². The first kappa shape index (κ1) is 9.44. The number of rotatable bonds is 5. The lowest BCUT2D eigenvalue weighted by atomic mass is 10.2. The summed E-state index contributed by atoms with van der Waals surface area (Å²) < 4.78 is 10.8. The van der Waals surface area contributed by atoms with Crippen molar-refractivity contribution in [2.75, 3.05) is 6.61 Å². The van der Waals surface area contributed by atoms with E-state index in [1.807, 2.05) is 24.3 Å². The van der Waals surface area contributed by atoms with Gasteiger partial charge in [0, 0.05) is 0 Å². The van der Waals surface area contributed by atoms with Crippen LogP contribution in [-0.2, 0) is 16.1 Å². The van der Waals surface area contributed by atoms with E-state index in [0.717, 1.165) is 0 Å². The van der Waals surface area contributed by atoms with Crippen molar-refractivity contribution in [2.24, 2.45) is 0 Å². The van der Waals surface area contributed by atoms with Gasteiger partial charge in [0.25, 0.3) is 0 Å². The van der Waals surface area contributed by atoms with Gasteiger partial charge < -0.3 is 9.47 Å². The first-order valence-electron chi connectivity index (χ1n) is 4.80. The molecule has 1 aliphatic rings. The van der Waals surface area contributed by atoms with Gasteiger partial charge in [-0.1, -0.05) is 36.4 Å². The molecule has 1 aromatic rings. The Morgan fingerprint density at radius 3 is 2.79 bits per heavy atom. The highest BCUT2D eigenvalue weighted by atomic mass is 16.6. The van der Waals surface area contributed by atoms with E-state index in [0.29, 0.717) is 13.2 Å². The molecule has 2 atom stereocenters. The minimum atomic E-state index is 0.214. The number of ether oxygens (including phenoxy) is 2. The van der Waals surface area contributed by atoms with Crippen molar-refractivity contribution in [1.29, 1.82) is 0 Å². The summed E-state index contributed by atoms with van der Waals surface area (Å²) in [6, 6.07) is 10.1. The fourth-order valence-corrected chi connectivity index (χ4v) is 1.37. The Kier molecular flexibility index (Phi) is 2.96. The molecule has 0 N–H and O–H groups in total. The second-order valence-corrected chi connectivity index (χ2v) is 3.38. The quantitative estimate of drug-likeness (QED) is 0.524. The summed E-state index contributed by atoms with van der Waals surface area (Å²) >= 11 is 0. The molecule has 74 valence electrons. The second-order valence-electron chi connectivity index (χ2n) is 3.38. The van der Waals surface area contributed by atoms with E-state index in [1.165, 1.54) is 5.56 Å². The van der Waals surface area contributed by atoms with Crippen LogP contribution in [-0.4, -0.2) is 18.8 Å². The molecule has 0 radical (unpaired) electrons. The minimum Gasteiger partial charge on any atom is -0.374 e. The first-order valence-corrected chi connectivity index (χ1v) is 4.80. The standard InChI is InChI=1S/C12H14O2/c1-2-11-12(14-11)9-13-8-10-6-4-3-5-7-10/h2-7,11-12H,1,8-9H2/t11-,12+/m0/s1. The van der Waals surface area contributed by atoms with E-state index in [4.69, 9.17) is 9.47 Å². The van der Waals surface area contributed by atoms with E-state index in [2.05, 4.69) is 18.7 Å². The van der Waals surface area contributed by atoms with Crippen molar-refractivity contribution in [3.8, 4) is 0 Å². The fraction of sp³-hybridized carbons (Fsp3) is 0.333. The lowest BCUT2D eigenvalue weighted by Crippen LogP contribution is -2.03. The van der Waals surface area contributed by atoms with Gasteiger partial charge in [0.05, 0.1) is 13.2 Å². The molecule has 0 aliphatic carbocycles. The first-order chi connectivity index (χ1) is 6.90. The Morgan fingerprint density at radius 1 is 1.36 bits per heavy atom. The zero-order valence-electron chi connectivity index (χ0n) is 8.06. The predicted molar refractivity (Wildman–Crippen MR) is 55.0 cm³/mol. The number of hydrogen-bond acceptors (Lipinski definition) is 2. The van der Waals surface area contributed by atoms with Crippen LogP contribution in [0.3, 0.4) is 0 Å². The zero-order valence-corrected chi connectivity index (χ0v) is 8.06. The Hall–Kier alpha value is -1.12. The third-order valence-electron chi connectivity index (χ3n) is 2.25. The van der Waals surface area contributed by atoms with Gasteiger partial charge in [0.1, 0.15) is 12.2 Å². The largest absolute Gasteiger partial charge is 0.374 e. The van der Waals surface area contributed by atoms with Crippen molar-refractivity contribution in [1.82, 2.24) is 0 Å². The Morgan fingerprint density at radius 2 is 2.14 bits per heavy atom. The van der Waals surface area contributed by atoms with Crippen LogP contribution in [0.1, 0.15) is 5.56 Å². The Labute approximate surface area is 84.2 Å². The normalized spacial score (nSPS) is 24.6. The van der Waals surface area contributed by atoms with Crippen LogP contribution in [0.15, 0.2) is 43.0 Å². The molecule has 0 saturated carbocycles. The highest BCUT2D eigenvalue weighted by Gasteiger charge is 2.35. The van der Waals surface area contributed by atoms with Gasteiger partial charge in [-0.3, -0.25) is 0 Å². The summed E-state index contributed by atoms with van der Waals surface area (Å²) in [5.74, 6) is 0. The third kappa shape index (κ3) is 2.44. The summed E-state index contributed by atoms with van der Waals surface area (Å²) in [6.07, 6.45) is 2.26. The van der Waals surface area contributed by atoms with Gasteiger partial charge >= 0.3 is 0 Å². The van der Waals surface area contributed by atoms with Crippen molar-refractivity contribution >= 4 is 0 Å². The molecule has 2 rings (SSSR count). The van der Waals surface area contributed by atoms with Crippen molar-refractivity contribution < 1.29 is 9.47 Å². The molecule has 1 aliphatic heterocycles. The molecule has 0 unspecified atom stereocenters. The highest BCUT2D eigenvalue weighted by molar-refractivity contribution is 5.13. The molecule has 14 heavy (non-hydrogen) atoms. The van der Waals surface area contributed by atoms with E-state index < -0.39 is 0 Å². The maximum Gasteiger partial charge on any atom is 0.111 e. The summed E-state index contributed by atoms with van der Waals surface area (Å²) in [7, 11) is 0. The van der Waals surface area contributed by atoms with Crippen LogP contribution < -0.4 is 0 Å². The highest BCUT2D eigenvalue weighted by Crippen LogP contribution is 2.22. The van der Waals surface area contributed by atoms with Gasteiger partial charge in [0.15, 0.2) is 0 Å². The van der Waals surface area contributed by atoms with Crippen molar-refractivity contribution in [3.05, 3.63) is 48.6 Å². The summed E-state index contributed by atoms with van der Waals surface area (Å²) in [6.45, 7) is 4.97. The predicted octanol–water partition coefficient (Wildman–Crippen LogP) is 2.16. The lowest BCUT2D eigenvalue weighted by Gasteiger charge is -2.01. The van der Waals surface area contributed by atoms with Crippen molar-refractivity contribution in [3.63, 3.8) is 0 Å². The molecule has 2 nitrogen and oxygen atoms in total. The second kappa shape index (κ2) is 4.40. The number of hydrogen-bond donors (Lipinski definition) is 0. The number of epoxide rings is 1. The maximum atomic E-state index is 5.50. The average Bonchev–Trinajstić information content (AvgIpc) is 2.98. The number of benzene rings is 1. The molecule has 0 aromatic heterocycles. The van der Waals surface area contributed by atoms with Crippen LogP contribution in [0.5, 0.6) is 0 Å². The zero-order chi connectivity index (χ0) is 9.80. The van der Waals surface area contributed by atoms with E-state index in [-0.39, 0.29) is 12.2 Å². The van der Waals surface area contributed by atoms with E-state index >= 15 is 0 Å². The van der Waals surface area contributed by atoms with E-state index in [9.17, 15) is 0 Å². The molecule has 0 bridgehead atoms. The molecule has 1 saturated heterocycles. The van der Waals surface area contributed by atoms with Gasteiger partial charge in [-0.2, -0.15) is 0 Å². The molecule has 1 fully saturated rings. The van der Waals surface area contributed by atoms with Gasteiger partial charge in [0.2, 0.25) is 0 Å². The van der Waals surface area contributed by atoms with Crippen LogP contribution in [0.4, 0.5) is 0 Å². The monoisotopic (exact) mass is 190 g/mol. The molecular weight excluding hydrogens is 176 g/mol.